The molecule has 14 heavy (non-hydrogen) atoms. The largest absolute Gasteiger partial charge is 0.394 e. The number of ether oxygens (including phenoxy) is 1. The second-order valence-corrected chi connectivity index (χ2v) is 3.68. The Kier molecular flexibility index (Phi) is 3.82. The van der Waals surface area contributed by atoms with Crippen LogP contribution in [0.2, 0.25) is 0 Å². The summed E-state index contributed by atoms with van der Waals surface area (Å²) >= 11 is 0. The number of aliphatic hydroxyl groups is 4. The minimum atomic E-state index is -1.30. The van der Waals surface area contributed by atoms with Crippen molar-refractivity contribution < 1.29 is 25.2 Å². The third-order valence-corrected chi connectivity index (χ3v) is 2.38. The normalized spacial score (nSPS) is 44.4. The van der Waals surface area contributed by atoms with Gasteiger partial charge in [-0.15, -0.1) is 0 Å². The lowest BCUT2D eigenvalue weighted by Gasteiger charge is -2.42. The lowest BCUT2D eigenvalue weighted by molar-refractivity contribution is -0.258. The molecule has 1 aliphatic rings. The van der Waals surface area contributed by atoms with Gasteiger partial charge in [-0.3, -0.25) is 4.90 Å². The van der Waals surface area contributed by atoms with Gasteiger partial charge >= 0.3 is 0 Å². The molecular formula is C8H17NO5. The zero-order valence-electron chi connectivity index (χ0n) is 8.24. The summed E-state index contributed by atoms with van der Waals surface area (Å²) in [6.45, 7) is -0.394. The van der Waals surface area contributed by atoms with Crippen LogP contribution in [0.15, 0.2) is 0 Å². The van der Waals surface area contributed by atoms with E-state index in [0.717, 1.165) is 0 Å². The van der Waals surface area contributed by atoms with E-state index >= 15 is 0 Å². The Morgan fingerprint density at radius 1 is 1.07 bits per heavy atom. The predicted octanol–water partition coefficient (Wildman–Crippen LogP) is -2.65. The Hall–Kier alpha value is -0.240. The van der Waals surface area contributed by atoms with Crippen molar-refractivity contribution in [2.75, 3.05) is 20.7 Å². The summed E-state index contributed by atoms with van der Waals surface area (Å²) in [4.78, 5) is 1.57. The van der Waals surface area contributed by atoms with Crippen LogP contribution >= 0.6 is 0 Å². The third-order valence-electron chi connectivity index (χ3n) is 2.38. The molecule has 0 saturated carbocycles. The first-order valence-corrected chi connectivity index (χ1v) is 4.46. The highest BCUT2D eigenvalue weighted by Gasteiger charge is 2.44. The van der Waals surface area contributed by atoms with Gasteiger partial charge in [-0.2, -0.15) is 0 Å². The van der Waals surface area contributed by atoms with E-state index in [1.54, 1.807) is 19.0 Å². The minimum absolute atomic E-state index is 0.394. The summed E-state index contributed by atoms with van der Waals surface area (Å²) in [6, 6.07) is 0. The molecule has 1 saturated heterocycles. The molecule has 0 aromatic carbocycles. The number of likely N-dealkylation sites (N-methyl/N-ethyl adjacent to an activating group) is 1. The van der Waals surface area contributed by atoms with Crippen molar-refractivity contribution in [3.8, 4) is 0 Å². The van der Waals surface area contributed by atoms with Gasteiger partial charge in [0.25, 0.3) is 0 Å². The maximum absolute atomic E-state index is 9.53. The average Bonchev–Trinajstić information content (AvgIpc) is 2.14. The molecule has 1 aliphatic heterocycles. The maximum atomic E-state index is 9.53. The van der Waals surface area contributed by atoms with Gasteiger partial charge in [0.1, 0.15) is 30.6 Å². The van der Waals surface area contributed by atoms with Gasteiger partial charge in [0.05, 0.1) is 6.61 Å². The lowest BCUT2D eigenvalue weighted by atomic mass is 9.98. The van der Waals surface area contributed by atoms with Crippen LogP contribution in [-0.4, -0.2) is 76.7 Å². The molecule has 1 fully saturated rings. The fourth-order valence-electron chi connectivity index (χ4n) is 1.51. The summed E-state index contributed by atoms with van der Waals surface area (Å²) in [6.07, 6.45) is -5.31. The second-order valence-electron chi connectivity index (χ2n) is 3.68. The van der Waals surface area contributed by atoms with Crippen LogP contribution in [0.4, 0.5) is 0 Å². The summed E-state index contributed by atoms with van der Waals surface area (Å²) in [7, 11) is 3.35. The van der Waals surface area contributed by atoms with Crippen LogP contribution in [0.3, 0.4) is 0 Å². The van der Waals surface area contributed by atoms with Crippen molar-refractivity contribution in [3.05, 3.63) is 0 Å². The van der Waals surface area contributed by atoms with E-state index in [-0.39, 0.29) is 0 Å². The Morgan fingerprint density at radius 3 is 2.07 bits per heavy atom. The van der Waals surface area contributed by atoms with E-state index in [1.807, 2.05) is 0 Å². The van der Waals surface area contributed by atoms with Crippen LogP contribution in [0.1, 0.15) is 0 Å². The van der Waals surface area contributed by atoms with E-state index < -0.39 is 37.3 Å². The zero-order chi connectivity index (χ0) is 10.9. The monoisotopic (exact) mass is 207 g/mol. The fraction of sp³-hybridized carbons (Fsp3) is 1.00. The van der Waals surface area contributed by atoms with Crippen molar-refractivity contribution >= 4 is 0 Å². The quantitative estimate of drug-likeness (QED) is 0.395. The van der Waals surface area contributed by atoms with Crippen molar-refractivity contribution in [1.82, 2.24) is 4.90 Å². The van der Waals surface area contributed by atoms with Crippen LogP contribution in [0.5, 0.6) is 0 Å². The lowest BCUT2D eigenvalue weighted by Crippen LogP contribution is -2.62. The summed E-state index contributed by atoms with van der Waals surface area (Å²) in [5, 5.41) is 37.2. The van der Waals surface area contributed by atoms with Crippen LogP contribution < -0.4 is 0 Å². The highest BCUT2D eigenvalue weighted by molar-refractivity contribution is 4.90. The summed E-state index contributed by atoms with van der Waals surface area (Å²) in [5.41, 5.74) is 0. The van der Waals surface area contributed by atoms with Gasteiger partial charge in [0.2, 0.25) is 0 Å². The SMILES string of the molecule is CN(C)C1OC(CO)C(O)C(O)C1O. The molecule has 5 atom stereocenters. The first kappa shape index (κ1) is 11.8. The standard InChI is InChI=1S/C8H17NO5/c1-9(2)8-7(13)6(12)5(11)4(3-10)14-8/h4-8,10-13H,3H2,1-2H3. The van der Waals surface area contributed by atoms with Crippen LogP contribution in [0.25, 0.3) is 0 Å². The topological polar surface area (TPSA) is 93.4 Å². The Labute approximate surface area is 82.3 Å². The van der Waals surface area contributed by atoms with E-state index in [2.05, 4.69) is 0 Å². The molecule has 1 heterocycles. The molecule has 0 radical (unpaired) electrons. The van der Waals surface area contributed by atoms with E-state index in [4.69, 9.17) is 9.84 Å². The van der Waals surface area contributed by atoms with Crippen molar-refractivity contribution in [1.29, 1.82) is 0 Å². The first-order valence-electron chi connectivity index (χ1n) is 4.46. The van der Waals surface area contributed by atoms with Gasteiger partial charge in [-0.1, -0.05) is 0 Å². The van der Waals surface area contributed by atoms with Gasteiger partial charge in [-0.05, 0) is 14.1 Å². The Morgan fingerprint density at radius 2 is 1.64 bits per heavy atom. The van der Waals surface area contributed by atoms with Gasteiger partial charge in [0, 0.05) is 0 Å². The highest BCUT2D eigenvalue weighted by Crippen LogP contribution is 2.21. The number of nitrogens with zero attached hydrogens (tertiary/aromatic N) is 1. The third kappa shape index (κ3) is 2.05. The van der Waals surface area contributed by atoms with Crippen LogP contribution in [-0.2, 0) is 4.74 Å². The molecule has 0 spiro atoms. The molecule has 0 amide bonds. The van der Waals surface area contributed by atoms with E-state index in [0.29, 0.717) is 0 Å². The molecule has 6 nitrogen and oxygen atoms in total. The second kappa shape index (κ2) is 4.52. The molecule has 1 rings (SSSR count). The summed E-state index contributed by atoms with van der Waals surface area (Å²) < 4.78 is 5.21. The van der Waals surface area contributed by atoms with Crippen molar-refractivity contribution in [2.24, 2.45) is 0 Å². The minimum Gasteiger partial charge on any atom is -0.394 e. The smallest absolute Gasteiger partial charge is 0.139 e. The molecule has 5 unspecified atom stereocenters. The average molecular weight is 207 g/mol. The maximum Gasteiger partial charge on any atom is 0.139 e. The molecule has 6 heteroatoms. The Bertz CT molecular complexity index is 187. The van der Waals surface area contributed by atoms with E-state index in [1.165, 1.54) is 0 Å². The molecular weight excluding hydrogens is 190 g/mol. The van der Waals surface area contributed by atoms with Crippen molar-refractivity contribution in [2.45, 2.75) is 30.6 Å². The van der Waals surface area contributed by atoms with Gasteiger partial charge in [0.15, 0.2) is 0 Å². The van der Waals surface area contributed by atoms with Crippen LogP contribution in [0, 0.1) is 0 Å². The first-order chi connectivity index (χ1) is 6.49. The highest BCUT2D eigenvalue weighted by atomic mass is 16.6. The number of rotatable bonds is 2. The molecule has 0 aromatic heterocycles. The van der Waals surface area contributed by atoms with E-state index in [9.17, 15) is 15.3 Å². The van der Waals surface area contributed by atoms with Crippen molar-refractivity contribution in [3.63, 3.8) is 0 Å². The van der Waals surface area contributed by atoms with Gasteiger partial charge < -0.3 is 25.2 Å². The fourth-order valence-corrected chi connectivity index (χ4v) is 1.51. The zero-order valence-corrected chi connectivity index (χ0v) is 8.24. The molecule has 0 aliphatic carbocycles. The molecule has 84 valence electrons. The number of hydrogen-bond donors (Lipinski definition) is 4. The molecule has 0 aromatic rings. The predicted molar refractivity (Wildman–Crippen MR) is 47.5 cm³/mol. The Balaban J connectivity index is 2.73. The molecule has 0 bridgehead atoms. The molecule has 4 N–H and O–H groups in total. The van der Waals surface area contributed by atoms with Gasteiger partial charge in [-0.25, -0.2) is 0 Å². The number of aliphatic hydroxyl groups excluding tert-OH is 4. The summed E-state index contributed by atoms with van der Waals surface area (Å²) in [5.74, 6) is 0. The number of hydrogen-bond acceptors (Lipinski definition) is 6.